The van der Waals surface area contributed by atoms with Gasteiger partial charge in [0.2, 0.25) is 5.43 Å². The van der Waals surface area contributed by atoms with Crippen molar-refractivity contribution in [3.05, 3.63) is 75.2 Å². The molecule has 0 aliphatic rings. The Morgan fingerprint density at radius 3 is 2.43 bits per heavy atom. The number of nitrogens with zero attached hydrogens (tertiary/aromatic N) is 2. The van der Waals surface area contributed by atoms with Crippen LogP contribution in [0.2, 0.25) is 5.02 Å². The fourth-order valence-electron chi connectivity index (χ4n) is 2.64. The highest BCUT2D eigenvalue weighted by Crippen LogP contribution is 2.29. The van der Waals surface area contributed by atoms with E-state index in [4.69, 9.17) is 21.1 Å². The average Bonchev–Trinajstić information content (AvgIpc) is 2.68. The highest BCUT2D eigenvalue weighted by molar-refractivity contribution is 6.30. The van der Waals surface area contributed by atoms with Crippen LogP contribution in [0.5, 0.6) is 11.5 Å². The molecule has 1 amide bonds. The van der Waals surface area contributed by atoms with Crippen molar-refractivity contribution in [3.8, 4) is 17.2 Å². The van der Waals surface area contributed by atoms with E-state index in [1.807, 2.05) is 0 Å². The number of ether oxygens (including phenoxy) is 2. The molecule has 0 unspecified atom stereocenters. The molecular formula is C20H18ClN3O4. The lowest BCUT2D eigenvalue weighted by Gasteiger charge is -2.13. The van der Waals surface area contributed by atoms with Gasteiger partial charge < -0.3 is 14.8 Å². The Balaban J connectivity index is 2.00. The van der Waals surface area contributed by atoms with Gasteiger partial charge in [0.15, 0.2) is 5.69 Å². The number of methoxy groups -OCH3 is 2. The van der Waals surface area contributed by atoms with Crippen molar-refractivity contribution in [3.63, 3.8) is 0 Å². The molecule has 1 heterocycles. The summed E-state index contributed by atoms with van der Waals surface area (Å²) in [7, 11) is 2.99. The van der Waals surface area contributed by atoms with Crippen LogP contribution in [-0.4, -0.2) is 29.9 Å². The number of hydrogen-bond acceptors (Lipinski definition) is 5. The van der Waals surface area contributed by atoms with E-state index in [9.17, 15) is 9.59 Å². The first-order valence-electron chi connectivity index (χ1n) is 8.33. The molecule has 1 aromatic heterocycles. The predicted molar refractivity (Wildman–Crippen MR) is 107 cm³/mol. The normalized spacial score (nSPS) is 10.4. The number of anilines is 1. The van der Waals surface area contributed by atoms with E-state index >= 15 is 0 Å². The van der Waals surface area contributed by atoms with Crippen molar-refractivity contribution in [1.29, 1.82) is 0 Å². The molecule has 3 rings (SSSR count). The SMILES string of the molecule is COc1ccc(OC)c(NC(=O)c2nn(-c3ccc(Cl)cc3)c(C)cc2=O)c1. The van der Waals surface area contributed by atoms with Gasteiger partial charge >= 0.3 is 0 Å². The number of aryl methyl sites for hydroxylation is 1. The third kappa shape index (κ3) is 3.99. The second kappa shape index (κ2) is 8.14. The maximum absolute atomic E-state index is 12.7. The number of nitrogens with one attached hydrogen (secondary N) is 1. The van der Waals surface area contributed by atoms with Crippen LogP contribution in [0.25, 0.3) is 5.69 Å². The Hall–Kier alpha value is -3.32. The minimum Gasteiger partial charge on any atom is -0.497 e. The molecule has 0 spiro atoms. The van der Waals surface area contributed by atoms with Gasteiger partial charge in [-0.25, -0.2) is 4.68 Å². The van der Waals surface area contributed by atoms with E-state index in [0.717, 1.165) is 0 Å². The standard InChI is InChI=1S/C20H18ClN3O4/c1-12-10-17(25)19(23-24(12)14-6-4-13(21)5-7-14)20(26)22-16-11-15(27-2)8-9-18(16)28-3/h4-11H,1-3H3,(H,22,26). The first-order chi connectivity index (χ1) is 13.4. The number of rotatable bonds is 5. The number of amides is 1. The molecule has 0 saturated carbocycles. The molecule has 0 radical (unpaired) electrons. The summed E-state index contributed by atoms with van der Waals surface area (Å²) in [5.41, 5.74) is 0.900. The van der Waals surface area contributed by atoms with Gasteiger partial charge in [-0.2, -0.15) is 5.10 Å². The Morgan fingerprint density at radius 2 is 1.79 bits per heavy atom. The van der Waals surface area contributed by atoms with Gasteiger partial charge in [0.1, 0.15) is 11.5 Å². The van der Waals surface area contributed by atoms with E-state index in [0.29, 0.717) is 33.6 Å². The van der Waals surface area contributed by atoms with Crippen molar-refractivity contribution in [1.82, 2.24) is 9.78 Å². The zero-order valence-corrected chi connectivity index (χ0v) is 16.3. The first-order valence-corrected chi connectivity index (χ1v) is 8.71. The Kier molecular flexibility index (Phi) is 5.65. The quantitative estimate of drug-likeness (QED) is 0.710. The lowest BCUT2D eigenvalue weighted by atomic mass is 10.2. The molecule has 0 atom stereocenters. The maximum Gasteiger partial charge on any atom is 0.280 e. The monoisotopic (exact) mass is 399 g/mol. The Morgan fingerprint density at radius 1 is 1.07 bits per heavy atom. The molecule has 0 aliphatic carbocycles. The largest absolute Gasteiger partial charge is 0.497 e. The Bertz CT molecular complexity index is 1080. The van der Waals surface area contributed by atoms with Crippen LogP contribution in [0, 0.1) is 6.92 Å². The minimum absolute atomic E-state index is 0.245. The lowest BCUT2D eigenvalue weighted by molar-refractivity contribution is 0.101. The number of carbonyl (C=O) groups is 1. The van der Waals surface area contributed by atoms with Gasteiger partial charge in [0.05, 0.1) is 25.6 Å². The summed E-state index contributed by atoms with van der Waals surface area (Å²) in [5, 5.41) is 7.48. The summed E-state index contributed by atoms with van der Waals surface area (Å²) in [4.78, 5) is 25.1. The van der Waals surface area contributed by atoms with Crippen LogP contribution >= 0.6 is 11.6 Å². The van der Waals surface area contributed by atoms with Gasteiger partial charge in [0.25, 0.3) is 5.91 Å². The molecule has 8 heteroatoms. The average molecular weight is 400 g/mol. The van der Waals surface area contributed by atoms with Crippen molar-refractivity contribution in [2.45, 2.75) is 6.92 Å². The van der Waals surface area contributed by atoms with Crippen LogP contribution in [0.15, 0.2) is 53.3 Å². The number of halogens is 1. The molecule has 2 aromatic carbocycles. The van der Waals surface area contributed by atoms with Crippen LogP contribution in [0.1, 0.15) is 16.2 Å². The summed E-state index contributed by atoms with van der Waals surface area (Å²) in [5.74, 6) is 0.310. The van der Waals surface area contributed by atoms with Crippen LogP contribution in [-0.2, 0) is 0 Å². The van der Waals surface area contributed by atoms with Gasteiger partial charge in [-0.3, -0.25) is 9.59 Å². The van der Waals surface area contributed by atoms with Gasteiger partial charge in [-0.15, -0.1) is 0 Å². The molecule has 144 valence electrons. The maximum atomic E-state index is 12.7. The summed E-state index contributed by atoms with van der Waals surface area (Å²) >= 11 is 5.92. The van der Waals surface area contributed by atoms with Crippen molar-refractivity contribution < 1.29 is 14.3 Å². The fraction of sp³-hybridized carbons (Fsp3) is 0.150. The molecule has 0 bridgehead atoms. The smallest absolute Gasteiger partial charge is 0.280 e. The molecule has 1 N–H and O–H groups in total. The van der Waals surface area contributed by atoms with Gasteiger partial charge in [-0.05, 0) is 43.3 Å². The second-order valence-corrected chi connectivity index (χ2v) is 6.34. The number of hydrogen-bond donors (Lipinski definition) is 1. The van der Waals surface area contributed by atoms with Gasteiger partial charge in [-0.1, -0.05) is 11.6 Å². The number of carbonyl (C=O) groups excluding carboxylic acids is 1. The molecule has 7 nitrogen and oxygen atoms in total. The lowest BCUT2D eigenvalue weighted by Crippen LogP contribution is -2.27. The molecule has 0 saturated heterocycles. The van der Waals surface area contributed by atoms with Crippen molar-refractivity contribution in [2.75, 3.05) is 19.5 Å². The first kappa shape index (κ1) is 19.4. The highest BCUT2D eigenvalue weighted by Gasteiger charge is 2.17. The number of aromatic nitrogens is 2. The van der Waals surface area contributed by atoms with Gasteiger partial charge in [0, 0.05) is 22.8 Å². The molecule has 0 fully saturated rings. The van der Waals surface area contributed by atoms with Crippen molar-refractivity contribution >= 4 is 23.2 Å². The minimum atomic E-state index is -0.653. The molecule has 3 aromatic rings. The van der Waals surface area contributed by atoms with E-state index in [2.05, 4.69) is 10.4 Å². The third-order valence-electron chi connectivity index (χ3n) is 4.05. The number of benzene rings is 2. The van der Waals surface area contributed by atoms with Crippen LogP contribution in [0.3, 0.4) is 0 Å². The second-order valence-electron chi connectivity index (χ2n) is 5.91. The highest BCUT2D eigenvalue weighted by atomic mass is 35.5. The van der Waals surface area contributed by atoms with Crippen LogP contribution in [0.4, 0.5) is 5.69 Å². The van der Waals surface area contributed by atoms with E-state index in [1.54, 1.807) is 49.4 Å². The van der Waals surface area contributed by atoms with E-state index < -0.39 is 11.3 Å². The third-order valence-corrected chi connectivity index (χ3v) is 4.30. The topological polar surface area (TPSA) is 82.4 Å². The van der Waals surface area contributed by atoms with Crippen LogP contribution < -0.4 is 20.2 Å². The summed E-state index contributed by atoms with van der Waals surface area (Å²) in [6, 6.07) is 13.2. The summed E-state index contributed by atoms with van der Waals surface area (Å²) in [6.45, 7) is 1.73. The fourth-order valence-corrected chi connectivity index (χ4v) is 2.77. The zero-order chi connectivity index (χ0) is 20.3. The Labute approximate surface area is 166 Å². The summed E-state index contributed by atoms with van der Waals surface area (Å²) in [6.07, 6.45) is 0. The van der Waals surface area contributed by atoms with Crippen molar-refractivity contribution in [2.24, 2.45) is 0 Å². The molecule has 0 aliphatic heterocycles. The molecular weight excluding hydrogens is 382 g/mol. The molecule has 28 heavy (non-hydrogen) atoms. The predicted octanol–water partition coefficient (Wildman–Crippen LogP) is 3.46. The summed E-state index contributed by atoms with van der Waals surface area (Å²) < 4.78 is 11.9. The zero-order valence-electron chi connectivity index (χ0n) is 15.5. The van der Waals surface area contributed by atoms with E-state index in [-0.39, 0.29) is 5.69 Å². The van der Waals surface area contributed by atoms with E-state index in [1.165, 1.54) is 25.0 Å².